The first kappa shape index (κ1) is 11.1. The third kappa shape index (κ3) is 2.50. The summed E-state index contributed by atoms with van der Waals surface area (Å²) in [5.41, 5.74) is 3.20. The molecule has 14 heavy (non-hydrogen) atoms. The Hall–Kier alpha value is -0.981. The average molecular weight is 360 g/mol. The fraction of sp³-hybridized carbons (Fsp3) is 0.0833. The summed E-state index contributed by atoms with van der Waals surface area (Å²) in [4.78, 5) is 4.32. The van der Waals surface area contributed by atoms with Crippen LogP contribution >= 0.6 is 0 Å². The predicted molar refractivity (Wildman–Crippen MR) is 53.2 cm³/mol. The molecule has 1 aromatic heterocycles. The molecule has 0 saturated carbocycles. The van der Waals surface area contributed by atoms with Gasteiger partial charge in [0.15, 0.2) is 0 Å². The Kier molecular flexibility index (Phi) is 3.99. The van der Waals surface area contributed by atoms with Gasteiger partial charge in [-0.25, -0.2) is 0 Å². The van der Waals surface area contributed by atoms with Crippen LogP contribution in [0.5, 0.6) is 0 Å². The van der Waals surface area contributed by atoms with Gasteiger partial charge in [0.2, 0.25) is 0 Å². The van der Waals surface area contributed by atoms with Gasteiger partial charge < -0.3 is 4.98 Å². The molecule has 0 atom stereocenters. The van der Waals surface area contributed by atoms with E-state index in [1.54, 1.807) is 0 Å². The van der Waals surface area contributed by atoms with Gasteiger partial charge in [-0.2, -0.15) is 0 Å². The molecule has 0 saturated heterocycles. The van der Waals surface area contributed by atoms with E-state index in [0.717, 1.165) is 11.3 Å². The summed E-state index contributed by atoms with van der Waals surface area (Å²) in [5, 5.41) is 0. The molecule has 2 rings (SSSR count). The zero-order valence-electron chi connectivity index (χ0n) is 7.82. The van der Waals surface area contributed by atoms with Crippen molar-refractivity contribution in [2.75, 3.05) is 0 Å². The molecule has 1 heterocycles. The maximum Gasteiger partial charge on any atom is 0.0190 e. The van der Waals surface area contributed by atoms with Crippen molar-refractivity contribution in [1.29, 1.82) is 0 Å². The largest absolute Gasteiger partial charge is 0.304 e. The standard InChI is InChI=1S/C12H10N.Ir/c1-10-7-8-12(13-9-10)11-5-3-2-4-6-11;/h2-5,7-9H,1H3;/q-1;. The summed E-state index contributed by atoms with van der Waals surface area (Å²) in [6.45, 7) is 2.03. The van der Waals surface area contributed by atoms with Crippen molar-refractivity contribution in [3.05, 3.63) is 54.2 Å². The Morgan fingerprint density at radius 2 is 2.00 bits per heavy atom. The van der Waals surface area contributed by atoms with Gasteiger partial charge in [-0.3, -0.25) is 0 Å². The van der Waals surface area contributed by atoms with Crippen LogP contribution in [0.25, 0.3) is 11.3 Å². The molecule has 1 nitrogen and oxygen atoms in total. The first-order chi connectivity index (χ1) is 6.36. The Balaban J connectivity index is 0.000000980. The summed E-state index contributed by atoms with van der Waals surface area (Å²) < 4.78 is 0. The van der Waals surface area contributed by atoms with E-state index in [4.69, 9.17) is 0 Å². The Morgan fingerprint density at radius 1 is 1.14 bits per heavy atom. The van der Waals surface area contributed by atoms with E-state index in [9.17, 15) is 0 Å². The normalized spacial score (nSPS) is 9.21. The van der Waals surface area contributed by atoms with Crippen LogP contribution in [0.1, 0.15) is 5.56 Å². The maximum atomic E-state index is 4.32. The Morgan fingerprint density at radius 3 is 2.57 bits per heavy atom. The average Bonchev–Trinajstić information content (AvgIpc) is 2.20. The van der Waals surface area contributed by atoms with E-state index < -0.39 is 0 Å². The molecule has 2 heteroatoms. The molecule has 0 aliphatic heterocycles. The van der Waals surface area contributed by atoms with Crippen molar-refractivity contribution in [3.63, 3.8) is 0 Å². The minimum Gasteiger partial charge on any atom is -0.304 e. The molecule has 2 aromatic rings. The number of aryl methyl sites for hydroxylation is 1. The second kappa shape index (κ2) is 5.04. The third-order valence-electron chi connectivity index (χ3n) is 1.90. The second-order valence-corrected chi connectivity index (χ2v) is 3.00. The Labute approximate surface area is 97.6 Å². The zero-order chi connectivity index (χ0) is 9.10. The molecule has 1 aromatic carbocycles. The van der Waals surface area contributed by atoms with Gasteiger partial charge >= 0.3 is 0 Å². The number of hydrogen-bond donors (Lipinski definition) is 0. The van der Waals surface area contributed by atoms with Crippen LogP contribution in [0, 0.1) is 13.0 Å². The molecule has 0 aliphatic carbocycles. The second-order valence-electron chi connectivity index (χ2n) is 3.00. The Bertz CT molecular complexity index is 381. The molecule has 0 aliphatic rings. The number of nitrogens with zero attached hydrogens (tertiary/aromatic N) is 1. The SMILES string of the molecule is Cc1ccc(-c2[c-]cccc2)nc1.[Ir]. The third-order valence-corrected chi connectivity index (χ3v) is 1.90. The van der Waals surface area contributed by atoms with Crippen molar-refractivity contribution in [2.45, 2.75) is 6.92 Å². The van der Waals surface area contributed by atoms with Crippen molar-refractivity contribution in [2.24, 2.45) is 0 Å². The van der Waals surface area contributed by atoms with Gasteiger partial charge in [0.25, 0.3) is 0 Å². The van der Waals surface area contributed by atoms with Crippen LogP contribution in [0.15, 0.2) is 42.6 Å². The minimum atomic E-state index is 0. The molecule has 0 N–H and O–H groups in total. The van der Waals surface area contributed by atoms with Crippen LogP contribution in [0.3, 0.4) is 0 Å². The van der Waals surface area contributed by atoms with Crippen LogP contribution in [0.2, 0.25) is 0 Å². The van der Waals surface area contributed by atoms with Gasteiger partial charge in [-0.1, -0.05) is 12.1 Å². The van der Waals surface area contributed by atoms with Crippen molar-refractivity contribution >= 4 is 0 Å². The molecule has 0 unspecified atom stereocenters. The maximum absolute atomic E-state index is 4.32. The first-order valence-electron chi connectivity index (χ1n) is 4.26. The van der Waals surface area contributed by atoms with Gasteiger partial charge in [0.05, 0.1) is 0 Å². The summed E-state index contributed by atoms with van der Waals surface area (Å²) in [6.07, 6.45) is 1.87. The van der Waals surface area contributed by atoms with Crippen molar-refractivity contribution in [3.8, 4) is 11.3 Å². The molecule has 73 valence electrons. The monoisotopic (exact) mass is 361 g/mol. The smallest absolute Gasteiger partial charge is 0.0190 e. The number of hydrogen-bond acceptors (Lipinski definition) is 1. The molecular formula is C12H10IrN-. The summed E-state index contributed by atoms with van der Waals surface area (Å²) >= 11 is 0. The van der Waals surface area contributed by atoms with E-state index in [2.05, 4.69) is 17.1 Å². The summed E-state index contributed by atoms with van der Waals surface area (Å²) in [6, 6.07) is 15.1. The summed E-state index contributed by atoms with van der Waals surface area (Å²) in [7, 11) is 0. The zero-order valence-corrected chi connectivity index (χ0v) is 10.2. The van der Waals surface area contributed by atoms with Crippen LogP contribution in [-0.2, 0) is 20.1 Å². The van der Waals surface area contributed by atoms with Crippen LogP contribution in [0.4, 0.5) is 0 Å². The molecule has 0 bridgehead atoms. The molecule has 0 amide bonds. The van der Waals surface area contributed by atoms with E-state index in [-0.39, 0.29) is 20.1 Å². The quantitative estimate of drug-likeness (QED) is 0.713. The number of pyridine rings is 1. The van der Waals surface area contributed by atoms with E-state index in [1.165, 1.54) is 5.56 Å². The fourth-order valence-electron chi connectivity index (χ4n) is 1.18. The van der Waals surface area contributed by atoms with E-state index in [1.807, 2.05) is 43.5 Å². The van der Waals surface area contributed by atoms with Gasteiger partial charge in [0.1, 0.15) is 0 Å². The molecular weight excluding hydrogens is 350 g/mol. The molecule has 1 radical (unpaired) electrons. The minimum absolute atomic E-state index is 0. The van der Waals surface area contributed by atoms with Crippen LogP contribution in [-0.4, -0.2) is 4.98 Å². The van der Waals surface area contributed by atoms with Crippen molar-refractivity contribution < 1.29 is 20.1 Å². The van der Waals surface area contributed by atoms with E-state index in [0.29, 0.717) is 0 Å². The van der Waals surface area contributed by atoms with Gasteiger partial charge in [0, 0.05) is 26.3 Å². The van der Waals surface area contributed by atoms with Crippen LogP contribution < -0.4 is 0 Å². The predicted octanol–water partition coefficient (Wildman–Crippen LogP) is 2.85. The van der Waals surface area contributed by atoms with Crippen molar-refractivity contribution in [1.82, 2.24) is 4.98 Å². The molecule has 0 fully saturated rings. The fourth-order valence-corrected chi connectivity index (χ4v) is 1.18. The van der Waals surface area contributed by atoms with Gasteiger partial charge in [-0.05, 0) is 18.2 Å². The van der Waals surface area contributed by atoms with Gasteiger partial charge in [-0.15, -0.1) is 35.9 Å². The number of benzene rings is 1. The summed E-state index contributed by atoms with van der Waals surface area (Å²) in [5.74, 6) is 0. The first-order valence-corrected chi connectivity index (χ1v) is 4.26. The number of rotatable bonds is 1. The van der Waals surface area contributed by atoms with E-state index >= 15 is 0 Å². The molecule has 0 spiro atoms. The number of aromatic nitrogens is 1. The topological polar surface area (TPSA) is 12.9 Å².